The summed E-state index contributed by atoms with van der Waals surface area (Å²) in [6.07, 6.45) is 1.50. The third kappa shape index (κ3) is 4.48. The number of hydrogen-bond acceptors (Lipinski definition) is 3. The number of anilines is 1. The van der Waals surface area contributed by atoms with Crippen molar-refractivity contribution in [2.45, 2.75) is 19.8 Å². The lowest BCUT2D eigenvalue weighted by atomic mass is 10.1. The molecule has 1 aromatic rings. The molecule has 0 radical (unpaired) electrons. The predicted octanol–water partition coefficient (Wildman–Crippen LogP) is 2.09. The molecule has 0 bridgehead atoms. The number of rotatable bonds is 7. The number of carbonyl (C=O) groups excluding carboxylic acids is 1. The zero-order valence-electron chi connectivity index (χ0n) is 10.8. The second kappa shape index (κ2) is 7.68. The van der Waals surface area contributed by atoms with Crippen LogP contribution < -0.4 is 11.1 Å². The maximum absolute atomic E-state index is 13.5. The van der Waals surface area contributed by atoms with Gasteiger partial charge in [0.15, 0.2) is 5.82 Å². The average Bonchev–Trinajstić information content (AvgIpc) is 2.38. The minimum Gasteiger partial charge on any atom is -0.396 e. The molecule has 106 valence electrons. The van der Waals surface area contributed by atoms with E-state index in [1.807, 2.05) is 6.92 Å². The molecular formula is C13H18F2N2O2. The molecule has 0 aliphatic carbocycles. The molecule has 1 rings (SSSR count). The summed E-state index contributed by atoms with van der Waals surface area (Å²) < 4.78 is 32.1. The molecule has 0 aliphatic heterocycles. The molecule has 0 saturated heterocycles. The summed E-state index contributed by atoms with van der Waals surface area (Å²) in [5, 5.41) is 2.43. The van der Waals surface area contributed by atoms with Gasteiger partial charge in [-0.1, -0.05) is 6.92 Å². The number of halogens is 2. The van der Waals surface area contributed by atoms with Crippen LogP contribution in [-0.2, 0) is 4.74 Å². The van der Waals surface area contributed by atoms with Gasteiger partial charge in [-0.25, -0.2) is 8.78 Å². The Hall–Kier alpha value is -1.69. The van der Waals surface area contributed by atoms with E-state index in [1.165, 1.54) is 0 Å². The summed E-state index contributed by atoms with van der Waals surface area (Å²) in [7, 11) is 0. The number of nitrogen functional groups attached to an aromatic ring is 1. The fraction of sp³-hybridized carbons (Fsp3) is 0.462. The van der Waals surface area contributed by atoms with E-state index in [2.05, 4.69) is 5.32 Å². The summed E-state index contributed by atoms with van der Waals surface area (Å²) in [4.78, 5) is 11.6. The number of hydrogen-bond donors (Lipinski definition) is 2. The van der Waals surface area contributed by atoms with Gasteiger partial charge in [-0.15, -0.1) is 0 Å². The van der Waals surface area contributed by atoms with Crippen molar-refractivity contribution in [1.29, 1.82) is 0 Å². The van der Waals surface area contributed by atoms with Gasteiger partial charge in [-0.3, -0.25) is 4.79 Å². The van der Waals surface area contributed by atoms with Crippen LogP contribution in [0.2, 0.25) is 0 Å². The SMILES string of the molecule is CCCOCCCNC(=O)c1c(F)ccc(N)c1F. The molecule has 3 N–H and O–H groups in total. The largest absolute Gasteiger partial charge is 0.396 e. The van der Waals surface area contributed by atoms with Gasteiger partial charge in [0.25, 0.3) is 5.91 Å². The van der Waals surface area contributed by atoms with E-state index in [0.717, 1.165) is 18.6 Å². The molecule has 0 aromatic heterocycles. The van der Waals surface area contributed by atoms with Crippen LogP contribution in [0.3, 0.4) is 0 Å². The lowest BCUT2D eigenvalue weighted by molar-refractivity contribution is 0.0933. The fourth-order valence-electron chi connectivity index (χ4n) is 1.49. The van der Waals surface area contributed by atoms with E-state index >= 15 is 0 Å². The summed E-state index contributed by atoms with van der Waals surface area (Å²) in [5.74, 6) is -2.76. The summed E-state index contributed by atoms with van der Waals surface area (Å²) in [6, 6.07) is 2.05. The Bertz CT molecular complexity index is 439. The first-order chi connectivity index (χ1) is 9.07. The third-order valence-electron chi connectivity index (χ3n) is 2.45. The highest BCUT2D eigenvalue weighted by atomic mass is 19.1. The number of nitrogens with one attached hydrogen (secondary N) is 1. The Morgan fingerprint density at radius 2 is 2.11 bits per heavy atom. The molecule has 0 atom stereocenters. The van der Waals surface area contributed by atoms with Gasteiger partial charge in [0.2, 0.25) is 0 Å². The highest BCUT2D eigenvalue weighted by molar-refractivity contribution is 5.95. The third-order valence-corrected chi connectivity index (χ3v) is 2.45. The van der Waals surface area contributed by atoms with Gasteiger partial charge in [-0.05, 0) is 25.0 Å². The monoisotopic (exact) mass is 272 g/mol. The van der Waals surface area contributed by atoms with Crippen molar-refractivity contribution in [3.63, 3.8) is 0 Å². The molecule has 0 aliphatic rings. The normalized spacial score (nSPS) is 10.5. The Balaban J connectivity index is 2.48. The zero-order chi connectivity index (χ0) is 14.3. The van der Waals surface area contributed by atoms with Gasteiger partial charge in [0, 0.05) is 19.8 Å². The Morgan fingerprint density at radius 3 is 2.79 bits per heavy atom. The van der Waals surface area contributed by atoms with Crippen molar-refractivity contribution in [2.75, 3.05) is 25.5 Å². The lowest BCUT2D eigenvalue weighted by Crippen LogP contribution is -2.27. The molecule has 0 heterocycles. The average molecular weight is 272 g/mol. The molecule has 1 aromatic carbocycles. The van der Waals surface area contributed by atoms with Crippen LogP contribution in [-0.4, -0.2) is 25.7 Å². The van der Waals surface area contributed by atoms with Gasteiger partial charge in [0.05, 0.1) is 5.69 Å². The Morgan fingerprint density at radius 1 is 1.37 bits per heavy atom. The van der Waals surface area contributed by atoms with Crippen LogP contribution >= 0.6 is 0 Å². The lowest BCUT2D eigenvalue weighted by Gasteiger charge is -2.08. The second-order valence-corrected chi connectivity index (χ2v) is 4.05. The van der Waals surface area contributed by atoms with Crippen molar-refractivity contribution >= 4 is 11.6 Å². The van der Waals surface area contributed by atoms with Crippen molar-refractivity contribution in [3.05, 3.63) is 29.3 Å². The van der Waals surface area contributed by atoms with E-state index in [-0.39, 0.29) is 12.2 Å². The van der Waals surface area contributed by atoms with Crippen molar-refractivity contribution in [2.24, 2.45) is 0 Å². The summed E-state index contributed by atoms with van der Waals surface area (Å²) >= 11 is 0. The van der Waals surface area contributed by atoms with Gasteiger partial charge in [-0.2, -0.15) is 0 Å². The highest BCUT2D eigenvalue weighted by Gasteiger charge is 2.18. The van der Waals surface area contributed by atoms with Gasteiger partial charge < -0.3 is 15.8 Å². The summed E-state index contributed by atoms with van der Waals surface area (Å²) in [5.41, 5.74) is 4.40. The topological polar surface area (TPSA) is 64.3 Å². The molecule has 4 nitrogen and oxygen atoms in total. The van der Waals surface area contributed by atoms with E-state index in [0.29, 0.717) is 19.6 Å². The van der Waals surface area contributed by atoms with Crippen LogP contribution in [0, 0.1) is 11.6 Å². The van der Waals surface area contributed by atoms with Crippen LogP contribution in [0.5, 0.6) is 0 Å². The van der Waals surface area contributed by atoms with Crippen molar-refractivity contribution in [3.8, 4) is 0 Å². The number of benzene rings is 1. The standard InChI is InChI=1S/C13H18F2N2O2/c1-2-7-19-8-3-6-17-13(18)11-9(14)4-5-10(16)12(11)15/h4-5H,2-3,6-8,16H2,1H3,(H,17,18). The van der Waals surface area contributed by atoms with E-state index < -0.39 is 23.1 Å². The van der Waals surface area contributed by atoms with Crippen LogP contribution in [0.1, 0.15) is 30.1 Å². The molecule has 0 saturated carbocycles. The molecule has 19 heavy (non-hydrogen) atoms. The molecule has 1 amide bonds. The zero-order valence-corrected chi connectivity index (χ0v) is 10.8. The van der Waals surface area contributed by atoms with E-state index in [9.17, 15) is 13.6 Å². The Kier molecular flexibility index (Phi) is 6.21. The second-order valence-electron chi connectivity index (χ2n) is 4.05. The quantitative estimate of drug-likeness (QED) is 0.590. The number of ether oxygens (including phenoxy) is 1. The minimum absolute atomic E-state index is 0.252. The van der Waals surface area contributed by atoms with Crippen molar-refractivity contribution in [1.82, 2.24) is 5.32 Å². The van der Waals surface area contributed by atoms with E-state index in [4.69, 9.17) is 10.5 Å². The summed E-state index contributed by atoms with van der Waals surface area (Å²) in [6.45, 7) is 3.44. The van der Waals surface area contributed by atoms with Gasteiger partial charge >= 0.3 is 0 Å². The first kappa shape index (κ1) is 15.4. The molecule has 0 unspecified atom stereocenters. The Labute approximate surface area is 110 Å². The molecular weight excluding hydrogens is 254 g/mol. The fourth-order valence-corrected chi connectivity index (χ4v) is 1.49. The van der Waals surface area contributed by atoms with Crippen LogP contribution in [0.15, 0.2) is 12.1 Å². The molecule has 0 spiro atoms. The number of nitrogens with two attached hydrogens (primary N) is 1. The maximum Gasteiger partial charge on any atom is 0.257 e. The number of carbonyl (C=O) groups is 1. The first-order valence-electron chi connectivity index (χ1n) is 6.17. The minimum atomic E-state index is -1.03. The van der Waals surface area contributed by atoms with Crippen LogP contribution in [0.25, 0.3) is 0 Å². The van der Waals surface area contributed by atoms with Crippen LogP contribution in [0.4, 0.5) is 14.5 Å². The predicted molar refractivity (Wildman–Crippen MR) is 68.8 cm³/mol. The van der Waals surface area contributed by atoms with E-state index in [1.54, 1.807) is 0 Å². The molecule has 6 heteroatoms. The smallest absolute Gasteiger partial charge is 0.257 e. The first-order valence-corrected chi connectivity index (χ1v) is 6.17. The highest BCUT2D eigenvalue weighted by Crippen LogP contribution is 2.18. The maximum atomic E-state index is 13.5. The molecule has 0 fully saturated rings. The number of amides is 1. The van der Waals surface area contributed by atoms with Gasteiger partial charge in [0.1, 0.15) is 11.4 Å². The van der Waals surface area contributed by atoms with Crippen molar-refractivity contribution < 1.29 is 18.3 Å².